The summed E-state index contributed by atoms with van der Waals surface area (Å²) in [5.41, 5.74) is 0. The molecule has 0 radical (unpaired) electrons. The summed E-state index contributed by atoms with van der Waals surface area (Å²) in [6, 6.07) is 0.358. The molecule has 0 aromatic heterocycles. The molecular weight excluding hydrogens is 230 g/mol. The van der Waals surface area contributed by atoms with Gasteiger partial charge in [-0.05, 0) is 19.8 Å². The van der Waals surface area contributed by atoms with E-state index in [1.165, 1.54) is 19.3 Å². The highest BCUT2D eigenvalue weighted by atomic mass is 16.2. The largest absolute Gasteiger partial charge is 0.356 e. The summed E-state index contributed by atoms with van der Waals surface area (Å²) in [4.78, 5) is 22.8. The van der Waals surface area contributed by atoms with E-state index < -0.39 is 0 Å². The summed E-state index contributed by atoms with van der Waals surface area (Å²) < 4.78 is 0. The summed E-state index contributed by atoms with van der Waals surface area (Å²) in [7, 11) is 0. The summed E-state index contributed by atoms with van der Waals surface area (Å²) in [6.45, 7) is 3.39. The topological polar surface area (TPSA) is 70.2 Å². The number of nitrogens with one attached hydrogen (secondary N) is 3. The number of amides is 2. The number of hydrogen-bond donors (Lipinski definition) is 3. The smallest absolute Gasteiger partial charge is 0.234 e. The van der Waals surface area contributed by atoms with Gasteiger partial charge in [-0.15, -0.1) is 0 Å². The maximum Gasteiger partial charge on any atom is 0.234 e. The number of carbonyl (C=O) groups excluding carboxylic acids is 2. The summed E-state index contributed by atoms with van der Waals surface area (Å²) in [5.74, 6) is 0.0653. The van der Waals surface area contributed by atoms with Crippen LogP contribution in [0.1, 0.15) is 45.4 Å². The normalized spacial score (nSPS) is 16.3. The molecule has 0 aliphatic heterocycles. The minimum atomic E-state index is 0.0256. The second kappa shape index (κ2) is 8.91. The van der Waals surface area contributed by atoms with Gasteiger partial charge in [0.15, 0.2) is 0 Å². The van der Waals surface area contributed by atoms with Gasteiger partial charge in [0, 0.05) is 25.6 Å². The summed E-state index contributed by atoms with van der Waals surface area (Å²) in [5, 5.41) is 8.74. The molecule has 5 nitrogen and oxygen atoms in total. The van der Waals surface area contributed by atoms with Crippen molar-refractivity contribution in [2.45, 2.75) is 51.5 Å². The van der Waals surface area contributed by atoms with Crippen LogP contribution in [0.5, 0.6) is 0 Å². The quantitative estimate of drug-likeness (QED) is 0.582. The van der Waals surface area contributed by atoms with E-state index in [0.29, 0.717) is 32.1 Å². The lowest BCUT2D eigenvalue weighted by Crippen LogP contribution is -2.41. The first kappa shape index (κ1) is 15.0. The second-order valence-corrected chi connectivity index (χ2v) is 4.78. The van der Waals surface area contributed by atoms with Crippen molar-refractivity contribution >= 4 is 11.8 Å². The zero-order valence-corrected chi connectivity index (χ0v) is 11.3. The molecule has 0 bridgehead atoms. The zero-order chi connectivity index (χ0) is 13.2. The van der Waals surface area contributed by atoms with Crippen LogP contribution in [0, 0.1) is 0 Å². The van der Waals surface area contributed by atoms with Crippen LogP contribution in [-0.4, -0.2) is 37.5 Å². The Morgan fingerprint density at radius 2 is 1.83 bits per heavy atom. The Bertz CT molecular complexity index is 263. The molecule has 1 saturated carbocycles. The Balaban J connectivity index is 2.01. The first-order valence-corrected chi connectivity index (χ1v) is 6.99. The van der Waals surface area contributed by atoms with Crippen molar-refractivity contribution in [1.82, 2.24) is 16.0 Å². The van der Waals surface area contributed by atoms with Gasteiger partial charge in [-0.25, -0.2) is 0 Å². The highest BCUT2D eigenvalue weighted by Gasteiger charge is 2.15. The lowest BCUT2D eigenvalue weighted by atomic mass is 9.95. The zero-order valence-electron chi connectivity index (χ0n) is 11.3. The average molecular weight is 255 g/mol. The van der Waals surface area contributed by atoms with Gasteiger partial charge in [-0.1, -0.05) is 19.3 Å². The van der Waals surface area contributed by atoms with Crippen LogP contribution < -0.4 is 16.0 Å². The third-order valence-electron chi connectivity index (χ3n) is 3.16. The van der Waals surface area contributed by atoms with Crippen LogP contribution in [0.4, 0.5) is 0 Å². The lowest BCUT2D eigenvalue weighted by Gasteiger charge is -2.22. The highest BCUT2D eigenvalue weighted by Crippen LogP contribution is 2.16. The van der Waals surface area contributed by atoms with Crippen molar-refractivity contribution in [1.29, 1.82) is 0 Å². The van der Waals surface area contributed by atoms with E-state index in [-0.39, 0.29) is 11.8 Å². The first-order chi connectivity index (χ1) is 8.72. The van der Waals surface area contributed by atoms with Crippen LogP contribution in [-0.2, 0) is 9.59 Å². The Labute approximate surface area is 109 Å². The van der Waals surface area contributed by atoms with Crippen LogP contribution >= 0.6 is 0 Å². The van der Waals surface area contributed by atoms with Crippen molar-refractivity contribution in [3.05, 3.63) is 0 Å². The molecule has 5 heteroatoms. The summed E-state index contributed by atoms with van der Waals surface area (Å²) in [6.07, 6.45) is 6.35. The Morgan fingerprint density at radius 3 is 2.50 bits per heavy atom. The van der Waals surface area contributed by atoms with Gasteiger partial charge >= 0.3 is 0 Å². The van der Waals surface area contributed by atoms with Gasteiger partial charge in [0.25, 0.3) is 0 Å². The third kappa shape index (κ3) is 6.59. The minimum absolute atomic E-state index is 0.0256. The Morgan fingerprint density at radius 1 is 1.11 bits per heavy atom. The molecule has 1 rings (SSSR count). The standard InChI is InChI=1S/C13H25N3O2/c1-2-15-12(17)8-9-14-10-13(18)16-11-6-4-3-5-7-11/h11,14H,2-10H2,1H3,(H,15,17)(H,16,18). The van der Waals surface area contributed by atoms with Gasteiger partial charge in [0.2, 0.25) is 11.8 Å². The van der Waals surface area contributed by atoms with Crippen molar-refractivity contribution in [3.63, 3.8) is 0 Å². The molecule has 0 spiro atoms. The van der Waals surface area contributed by atoms with Crippen molar-refractivity contribution in [2.75, 3.05) is 19.6 Å². The Kier molecular flexibility index (Phi) is 7.41. The predicted molar refractivity (Wildman–Crippen MR) is 71.2 cm³/mol. The molecular formula is C13H25N3O2. The van der Waals surface area contributed by atoms with E-state index in [1.54, 1.807) is 0 Å². The fourth-order valence-corrected chi connectivity index (χ4v) is 2.22. The molecule has 1 fully saturated rings. The maximum atomic E-state index is 11.6. The van der Waals surface area contributed by atoms with Crippen LogP contribution in [0.3, 0.4) is 0 Å². The molecule has 104 valence electrons. The van der Waals surface area contributed by atoms with E-state index in [0.717, 1.165) is 12.8 Å². The van der Waals surface area contributed by atoms with E-state index in [4.69, 9.17) is 0 Å². The SMILES string of the molecule is CCNC(=O)CCNCC(=O)NC1CCCCC1. The van der Waals surface area contributed by atoms with Crippen LogP contribution in [0.15, 0.2) is 0 Å². The van der Waals surface area contributed by atoms with Crippen molar-refractivity contribution < 1.29 is 9.59 Å². The molecule has 2 amide bonds. The van der Waals surface area contributed by atoms with Gasteiger partial charge in [-0.2, -0.15) is 0 Å². The molecule has 1 aliphatic rings. The summed E-state index contributed by atoms with van der Waals surface area (Å²) >= 11 is 0. The molecule has 0 unspecified atom stereocenters. The average Bonchev–Trinajstić information content (AvgIpc) is 2.36. The minimum Gasteiger partial charge on any atom is -0.356 e. The molecule has 0 heterocycles. The number of rotatable bonds is 7. The molecule has 0 saturated heterocycles. The van der Waals surface area contributed by atoms with Gasteiger partial charge in [-0.3, -0.25) is 9.59 Å². The van der Waals surface area contributed by atoms with Crippen molar-refractivity contribution in [3.8, 4) is 0 Å². The van der Waals surface area contributed by atoms with Gasteiger partial charge in [0.05, 0.1) is 6.54 Å². The predicted octanol–water partition coefficient (Wildman–Crippen LogP) is 0.551. The molecule has 0 aromatic carbocycles. The second-order valence-electron chi connectivity index (χ2n) is 4.78. The Hall–Kier alpha value is -1.10. The third-order valence-corrected chi connectivity index (χ3v) is 3.16. The molecule has 3 N–H and O–H groups in total. The van der Waals surface area contributed by atoms with Crippen LogP contribution in [0.2, 0.25) is 0 Å². The maximum absolute atomic E-state index is 11.6. The first-order valence-electron chi connectivity index (χ1n) is 6.99. The number of carbonyl (C=O) groups is 2. The molecule has 0 atom stereocenters. The fourth-order valence-electron chi connectivity index (χ4n) is 2.22. The molecule has 1 aliphatic carbocycles. The highest BCUT2D eigenvalue weighted by molar-refractivity contribution is 5.78. The van der Waals surface area contributed by atoms with E-state index >= 15 is 0 Å². The molecule has 18 heavy (non-hydrogen) atoms. The van der Waals surface area contributed by atoms with Gasteiger partial charge in [0.1, 0.15) is 0 Å². The monoisotopic (exact) mass is 255 g/mol. The lowest BCUT2D eigenvalue weighted by molar-refractivity contribution is -0.122. The number of hydrogen-bond acceptors (Lipinski definition) is 3. The van der Waals surface area contributed by atoms with Crippen LogP contribution in [0.25, 0.3) is 0 Å². The molecule has 0 aromatic rings. The van der Waals surface area contributed by atoms with Gasteiger partial charge < -0.3 is 16.0 Å². The van der Waals surface area contributed by atoms with E-state index in [2.05, 4.69) is 16.0 Å². The fraction of sp³-hybridized carbons (Fsp3) is 0.846. The van der Waals surface area contributed by atoms with E-state index in [1.807, 2.05) is 6.92 Å². The van der Waals surface area contributed by atoms with Crippen molar-refractivity contribution in [2.24, 2.45) is 0 Å². The van der Waals surface area contributed by atoms with E-state index in [9.17, 15) is 9.59 Å².